The summed E-state index contributed by atoms with van der Waals surface area (Å²) in [6, 6.07) is 21.5. The number of nitrogen functional groups attached to an aromatic ring is 1. The van der Waals surface area contributed by atoms with Gasteiger partial charge in [-0.15, -0.1) is 0 Å². The predicted octanol–water partition coefficient (Wildman–Crippen LogP) is 4.11. The molecule has 0 saturated heterocycles. The van der Waals surface area contributed by atoms with Crippen LogP contribution in [0.4, 0.5) is 5.69 Å². The Bertz CT molecular complexity index is 768. The van der Waals surface area contributed by atoms with Gasteiger partial charge in [-0.1, -0.05) is 48.5 Å². The predicted molar refractivity (Wildman–Crippen MR) is 80.3 cm³/mol. The molecule has 0 spiro atoms. The first-order chi connectivity index (χ1) is 9.33. The third-order valence-electron chi connectivity index (χ3n) is 4.14. The van der Waals surface area contributed by atoms with Crippen molar-refractivity contribution in [1.82, 2.24) is 0 Å². The Morgan fingerprint density at radius 2 is 1.68 bits per heavy atom. The maximum atomic E-state index is 5.93. The number of nitrogens with two attached hydrogens (primary N) is 1. The highest BCUT2D eigenvalue weighted by Crippen LogP contribution is 2.41. The van der Waals surface area contributed by atoms with E-state index in [2.05, 4.69) is 48.5 Å². The Hall–Kier alpha value is -2.28. The lowest BCUT2D eigenvalue weighted by molar-refractivity contribution is 0.848. The van der Waals surface area contributed by atoms with Crippen molar-refractivity contribution in [1.29, 1.82) is 0 Å². The highest BCUT2D eigenvalue weighted by molar-refractivity contribution is 5.92. The molecule has 1 heteroatoms. The molecule has 4 rings (SSSR count). The number of rotatable bonds is 1. The molecule has 1 atom stereocenters. The molecule has 3 aromatic carbocycles. The van der Waals surface area contributed by atoms with Crippen LogP contribution < -0.4 is 5.73 Å². The van der Waals surface area contributed by atoms with E-state index in [0.717, 1.165) is 12.1 Å². The van der Waals surface area contributed by atoms with Crippen LogP contribution in [-0.2, 0) is 6.42 Å². The first-order valence-corrected chi connectivity index (χ1v) is 6.69. The smallest absolute Gasteiger partial charge is 0.0316 e. The van der Waals surface area contributed by atoms with Crippen molar-refractivity contribution < 1.29 is 0 Å². The van der Waals surface area contributed by atoms with Gasteiger partial charge in [-0.3, -0.25) is 0 Å². The Labute approximate surface area is 112 Å². The first kappa shape index (κ1) is 10.6. The van der Waals surface area contributed by atoms with Gasteiger partial charge in [0.1, 0.15) is 0 Å². The average Bonchev–Trinajstić information content (AvgIpc) is 2.81. The summed E-state index contributed by atoms with van der Waals surface area (Å²) in [5.74, 6) is 0.449. The summed E-state index contributed by atoms with van der Waals surface area (Å²) in [6.07, 6.45) is 1.08. The fraction of sp³-hybridized carbons (Fsp3) is 0.111. The van der Waals surface area contributed by atoms with Gasteiger partial charge >= 0.3 is 0 Å². The molecule has 1 nitrogen and oxygen atoms in total. The van der Waals surface area contributed by atoms with E-state index >= 15 is 0 Å². The Morgan fingerprint density at radius 1 is 0.895 bits per heavy atom. The maximum absolute atomic E-state index is 5.93. The van der Waals surface area contributed by atoms with Gasteiger partial charge in [0, 0.05) is 11.6 Å². The molecule has 0 bridgehead atoms. The van der Waals surface area contributed by atoms with Crippen LogP contribution in [0.3, 0.4) is 0 Å². The Balaban J connectivity index is 1.94. The van der Waals surface area contributed by atoms with Crippen LogP contribution in [0, 0.1) is 0 Å². The van der Waals surface area contributed by atoms with Crippen LogP contribution in [0.25, 0.3) is 10.8 Å². The summed E-state index contributed by atoms with van der Waals surface area (Å²) in [5.41, 5.74) is 11.0. The summed E-state index contributed by atoms with van der Waals surface area (Å²) < 4.78 is 0. The van der Waals surface area contributed by atoms with E-state index in [4.69, 9.17) is 5.73 Å². The normalized spacial score (nSPS) is 16.9. The molecular formula is C18H15N. The van der Waals surface area contributed by atoms with Crippen LogP contribution in [0.15, 0.2) is 60.7 Å². The Kier molecular flexibility index (Phi) is 2.16. The molecule has 0 saturated carbocycles. The van der Waals surface area contributed by atoms with Crippen LogP contribution >= 0.6 is 0 Å². The van der Waals surface area contributed by atoms with E-state index in [1.165, 1.54) is 27.5 Å². The van der Waals surface area contributed by atoms with Gasteiger partial charge in [0.15, 0.2) is 0 Å². The molecule has 1 unspecified atom stereocenters. The third-order valence-corrected chi connectivity index (χ3v) is 4.14. The Morgan fingerprint density at radius 3 is 2.53 bits per heavy atom. The lowest BCUT2D eigenvalue weighted by Gasteiger charge is -2.12. The van der Waals surface area contributed by atoms with Crippen molar-refractivity contribution in [3.63, 3.8) is 0 Å². The van der Waals surface area contributed by atoms with E-state index in [1.807, 2.05) is 12.1 Å². The lowest BCUT2D eigenvalue weighted by atomic mass is 9.92. The molecule has 1 aliphatic rings. The minimum absolute atomic E-state index is 0.449. The van der Waals surface area contributed by atoms with Crippen LogP contribution in [0.5, 0.6) is 0 Å². The maximum Gasteiger partial charge on any atom is 0.0316 e. The average molecular weight is 245 g/mol. The standard InChI is InChI=1S/C18H15N/c19-15-8-2-6-13(10-15)17-11-14-7-1-4-12-5-3-9-16(17)18(12)14/h1-10,17H,11,19H2. The molecule has 0 amide bonds. The van der Waals surface area contributed by atoms with Gasteiger partial charge in [-0.05, 0) is 46.0 Å². The van der Waals surface area contributed by atoms with Gasteiger partial charge in [-0.2, -0.15) is 0 Å². The zero-order chi connectivity index (χ0) is 12.8. The quantitative estimate of drug-likeness (QED) is 0.641. The van der Waals surface area contributed by atoms with Crippen molar-refractivity contribution in [2.24, 2.45) is 0 Å². The second kappa shape index (κ2) is 3.86. The van der Waals surface area contributed by atoms with Crippen molar-refractivity contribution in [3.05, 3.63) is 77.4 Å². The van der Waals surface area contributed by atoms with E-state index in [9.17, 15) is 0 Å². The van der Waals surface area contributed by atoms with Gasteiger partial charge in [-0.25, -0.2) is 0 Å². The number of hydrogen-bond donors (Lipinski definition) is 1. The third kappa shape index (κ3) is 1.55. The molecule has 3 aromatic rings. The topological polar surface area (TPSA) is 26.0 Å². The lowest BCUT2D eigenvalue weighted by Crippen LogP contribution is -1.99. The second-order valence-corrected chi connectivity index (χ2v) is 5.29. The van der Waals surface area contributed by atoms with Crippen LogP contribution in [0.1, 0.15) is 22.6 Å². The first-order valence-electron chi connectivity index (χ1n) is 6.69. The molecule has 19 heavy (non-hydrogen) atoms. The molecule has 0 fully saturated rings. The minimum Gasteiger partial charge on any atom is -0.399 e. The summed E-state index contributed by atoms with van der Waals surface area (Å²) in [6.45, 7) is 0. The summed E-state index contributed by atoms with van der Waals surface area (Å²) in [7, 11) is 0. The summed E-state index contributed by atoms with van der Waals surface area (Å²) >= 11 is 0. The van der Waals surface area contributed by atoms with Crippen LogP contribution in [-0.4, -0.2) is 0 Å². The molecule has 0 heterocycles. The molecule has 1 aliphatic carbocycles. The van der Waals surface area contributed by atoms with Gasteiger partial charge in [0.2, 0.25) is 0 Å². The fourth-order valence-corrected chi connectivity index (χ4v) is 3.31. The van der Waals surface area contributed by atoms with Crippen molar-refractivity contribution in [3.8, 4) is 0 Å². The minimum atomic E-state index is 0.449. The molecule has 0 aromatic heterocycles. The van der Waals surface area contributed by atoms with Gasteiger partial charge < -0.3 is 5.73 Å². The summed E-state index contributed by atoms with van der Waals surface area (Å²) in [4.78, 5) is 0. The van der Waals surface area contributed by atoms with Crippen molar-refractivity contribution in [2.45, 2.75) is 12.3 Å². The van der Waals surface area contributed by atoms with E-state index in [0.29, 0.717) is 5.92 Å². The zero-order valence-corrected chi connectivity index (χ0v) is 10.6. The highest BCUT2D eigenvalue weighted by Gasteiger charge is 2.25. The van der Waals surface area contributed by atoms with Crippen molar-refractivity contribution >= 4 is 16.5 Å². The van der Waals surface area contributed by atoms with E-state index in [-0.39, 0.29) is 0 Å². The second-order valence-electron chi connectivity index (χ2n) is 5.29. The monoisotopic (exact) mass is 245 g/mol. The van der Waals surface area contributed by atoms with Crippen molar-refractivity contribution in [2.75, 3.05) is 5.73 Å². The zero-order valence-electron chi connectivity index (χ0n) is 10.6. The van der Waals surface area contributed by atoms with Crippen LogP contribution in [0.2, 0.25) is 0 Å². The number of anilines is 1. The van der Waals surface area contributed by atoms with E-state index in [1.54, 1.807) is 0 Å². The highest BCUT2D eigenvalue weighted by atomic mass is 14.5. The summed E-state index contributed by atoms with van der Waals surface area (Å²) in [5, 5.41) is 2.79. The molecule has 92 valence electrons. The fourth-order valence-electron chi connectivity index (χ4n) is 3.31. The molecular weight excluding hydrogens is 230 g/mol. The van der Waals surface area contributed by atoms with Gasteiger partial charge in [0.25, 0.3) is 0 Å². The molecule has 2 N–H and O–H groups in total. The molecule has 0 radical (unpaired) electrons. The van der Waals surface area contributed by atoms with Gasteiger partial charge in [0.05, 0.1) is 0 Å². The largest absolute Gasteiger partial charge is 0.399 e. The van der Waals surface area contributed by atoms with E-state index < -0.39 is 0 Å². The number of benzene rings is 3. The molecule has 0 aliphatic heterocycles. The number of hydrogen-bond acceptors (Lipinski definition) is 1. The SMILES string of the molecule is Nc1cccc(C2Cc3cccc4cccc2c34)c1.